The van der Waals surface area contributed by atoms with Crippen LogP contribution in [0, 0.1) is 12.8 Å². The average Bonchev–Trinajstić information content (AvgIpc) is 3.04. The molecule has 2 aromatic carbocycles. The summed E-state index contributed by atoms with van der Waals surface area (Å²) >= 11 is 0. The van der Waals surface area contributed by atoms with Crippen molar-refractivity contribution in [2.24, 2.45) is 5.92 Å². The Hall–Kier alpha value is -2.82. The Kier molecular flexibility index (Phi) is 6.02. The van der Waals surface area contributed by atoms with Crippen molar-refractivity contribution in [2.75, 3.05) is 19.0 Å². The summed E-state index contributed by atoms with van der Waals surface area (Å²) in [6, 6.07) is 13.7. The maximum Gasteiger partial charge on any atom is 0.229 e. The SMILES string of the molecule is COc1ccc(CN2CC(C(=O)Nc3c(C)cccc3C(C)C)CC2=O)cc1. The fourth-order valence-electron chi connectivity index (χ4n) is 3.62. The summed E-state index contributed by atoms with van der Waals surface area (Å²) in [5.74, 6) is 0.705. The number of para-hydroxylation sites is 1. The van der Waals surface area contributed by atoms with E-state index >= 15 is 0 Å². The monoisotopic (exact) mass is 380 g/mol. The molecule has 0 spiro atoms. The Morgan fingerprint density at radius 3 is 2.57 bits per heavy atom. The molecule has 1 atom stereocenters. The molecule has 0 aliphatic carbocycles. The Morgan fingerprint density at radius 2 is 1.93 bits per heavy atom. The van der Waals surface area contributed by atoms with Crippen molar-refractivity contribution < 1.29 is 14.3 Å². The average molecular weight is 380 g/mol. The van der Waals surface area contributed by atoms with E-state index in [0.29, 0.717) is 19.0 Å². The number of aryl methyl sites for hydroxylation is 1. The van der Waals surface area contributed by atoms with E-state index in [0.717, 1.165) is 28.1 Å². The van der Waals surface area contributed by atoms with Crippen molar-refractivity contribution >= 4 is 17.5 Å². The number of carbonyl (C=O) groups is 2. The fraction of sp³-hybridized carbons (Fsp3) is 0.391. The van der Waals surface area contributed by atoms with Crippen LogP contribution in [0.5, 0.6) is 5.75 Å². The fourth-order valence-corrected chi connectivity index (χ4v) is 3.62. The lowest BCUT2D eigenvalue weighted by Gasteiger charge is -2.19. The summed E-state index contributed by atoms with van der Waals surface area (Å²) in [4.78, 5) is 27.1. The second kappa shape index (κ2) is 8.46. The van der Waals surface area contributed by atoms with Crippen LogP contribution in [0.3, 0.4) is 0 Å². The van der Waals surface area contributed by atoms with Gasteiger partial charge in [-0.05, 0) is 41.7 Å². The predicted octanol–water partition coefficient (Wildman–Crippen LogP) is 4.11. The molecule has 0 radical (unpaired) electrons. The molecular formula is C23H28N2O3. The van der Waals surface area contributed by atoms with Gasteiger partial charge in [0.25, 0.3) is 0 Å². The number of rotatable bonds is 6. The van der Waals surface area contributed by atoms with Crippen LogP contribution in [-0.4, -0.2) is 30.4 Å². The lowest BCUT2D eigenvalue weighted by molar-refractivity contribution is -0.128. The maximum atomic E-state index is 12.9. The molecule has 5 heteroatoms. The molecule has 1 aliphatic rings. The zero-order valence-electron chi connectivity index (χ0n) is 17.0. The number of likely N-dealkylation sites (tertiary alicyclic amines) is 1. The van der Waals surface area contributed by atoms with Gasteiger partial charge in [0.15, 0.2) is 0 Å². The zero-order chi connectivity index (χ0) is 20.3. The van der Waals surface area contributed by atoms with Crippen LogP contribution in [0.2, 0.25) is 0 Å². The van der Waals surface area contributed by atoms with E-state index in [-0.39, 0.29) is 24.2 Å². The first kappa shape index (κ1) is 19.9. The molecule has 3 rings (SSSR count). The van der Waals surface area contributed by atoms with E-state index in [1.54, 1.807) is 12.0 Å². The lowest BCUT2D eigenvalue weighted by Crippen LogP contribution is -2.28. The number of methoxy groups -OCH3 is 1. The molecule has 1 N–H and O–H groups in total. The van der Waals surface area contributed by atoms with Crippen molar-refractivity contribution in [3.63, 3.8) is 0 Å². The molecule has 5 nitrogen and oxygen atoms in total. The molecule has 1 saturated heterocycles. The van der Waals surface area contributed by atoms with Gasteiger partial charge in [0.1, 0.15) is 5.75 Å². The topological polar surface area (TPSA) is 58.6 Å². The molecule has 0 aromatic heterocycles. The van der Waals surface area contributed by atoms with Gasteiger partial charge in [-0.1, -0.05) is 44.2 Å². The highest BCUT2D eigenvalue weighted by atomic mass is 16.5. The minimum absolute atomic E-state index is 0.0184. The van der Waals surface area contributed by atoms with E-state index in [9.17, 15) is 9.59 Å². The van der Waals surface area contributed by atoms with Gasteiger partial charge in [-0.15, -0.1) is 0 Å². The summed E-state index contributed by atoms with van der Waals surface area (Å²) in [5.41, 5.74) is 4.06. The predicted molar refractivity (Wildman–Crippen MR) is 110 cm³/mol. The summed E-state index contributed by atoms with van der Waals surface area (Å²) < 4.78 is 5.17. The second-order valence-electron chi connectivity index (χ2n) is 7.71. The van der Waals surface area contributed by atoms with E-state index in [4.69, 9.17) is 4.74 Å². The highest BCUT2D eigenvalue weighted by molar-refractivity contribution is 5.98. The standard InChI is InChI=1S/C23H28N2O3/c1-15(2)20-7-5-6-16(3)22(20)24-23(27)18-12-21(26)25(14-18)13-17-8-10-19(28-4)11-9-17/h5-11,15,18H,12-14H2,1-4H3,(H,24,27). The van der Waals surface area contributed by atoms with Crippen LogP contribution in [0.1, 0.15) is 42.9 Å². The number of nitrogens with one attached hydrogen (secondary N) is 1. The molecule has 0 bridgehead atoms. The van der Waals surface area contributed by atoms with Crippen molar-refractivity contribution in [1.29, 1.82) is 0 Å². The molecule has 1 fully saturated rings. The highest BCUT2D eigenvalue weighted by Gasteiger charge is 2.34. The minimum Gasteiger partial charge on any atom is -0.497 e. The number of benzene rings is 2. The van der Waals surface area contributed by atoms with E-state index in [2.05, 4.69) is 19.2 Å². The van der Waals surface area contributed by atoms with Crippen LogP contribution >= 0.6 is 0 Å². The zero-order valence-corrected chi connectivity index (χ0v) is 17.0. The normalized spacial score (nSPS) is 16.5. The molecule has 1 aliphatic heterocycles. The summed E-state index contributed by atoms with van der Waals surface area (Å²) in [7, 11) is 1.63. The molecule has 1 unspecified atom stereocenters. The van der Waals surface area contributed by atoms with Gasteiger partial charge < -0.3 is 15.0 Å². The van der Waals surface area contributed by atoms with E-state index in [1.807, 2.05) is 49.4 Å². The van der Waals surface area contributed by atoms with Crippen LogP contribution in [0.4, 0.5) is 5.69 Å². The maximum absolute atomic E-state index is 12.9. The van der Waals surface area contributed by atoms with Gasteiger partial charge in [-0.3, -0.25) is 9.59 Å². The van der Waals surface area contributed by atoms with Crippen LogP contribution in [-0.2, 0) is 16.1 Å². The second-order valence-corrected chi connectivity index (χ2v) is 7.71. The Morgan fingerprint density at radius 1 is 1.21 bits per heavy atom. The Bertz CT molecular complexity index is 859. The van der Waals surface area contributed by atoms with Crippen molar-refractivity contribution in [1.82, 2.24) is 4.90 Å². The molecular weight excluding hydrogens is 352 g/mol. The molecule has 148 valence electrons. The van der Waals surface area contributed by atoms with Crippen molar-refractivity contribution in [3.05, 3.63) is 59.2 Å². The number of carbonyl (C=O) groups excluding carboxylic acids is 2. The summed E-state index contributed by atoms with van der Waals surface area (Å²) in [5, 5.41) is 3.09. The molecule has 2 amide bonds. The smallest absolute Gasteiger partial charge is 0.229 e. The van der Waals surface area contributed by atoms with E-state index < -0.39 is 0 Å². The van der Waals surface area contributed by atoms with Gasteiger partial charge >= 0.3 is 0 Å². The lowest BCUT2D eigenvalue weighted by atomic mass is 9.97. The molecule has 1 heterocycles. The first-order chi connectivity index (χ1) is 13.4. The van der Waals surface area contributed by atoms with Crippen molar-refractivity contribution in [3.8, 4) is 5.75 Å². The number of amides is 2. The first-order valence-corrected chi connectivity index (χ1v) is 9.70. The summed E-state index contributed by atoms with van der Waals surface area (Å²) in [6.45, 7) is 7.17. The van der Waals surface area contributed by atoms with Gasteiger partial charge in [-0.2, -0.15) is 0 Å². The van der Waals surface area contributed by atoms with Gasteiger partial charge in [-0.25, -0.2) is 0 Å². The van der Waals surface area contributed by atoms with Gasteiger partial charge in [0.2, 0.25) is 11.8 Å². The minimum atomic E-state index is -0.328. The molecule has 0 saturated carbocycles. The quantitative estimate of drug-likeness (QED) is 0.820. The van der Waals surface area contributed by atoms with Gasteiger partial charge in [0, 0.05) is 25.2 Å². The Labute approximate surface area is 166 Å². The third-order valence-corrected chi connectivity index (χ3v) is 5.29. The van der Waals surface area contributed by atoms with E-state index in [1.165, 1.54) is 0 Å². The summed E-state index contributed by atoms with van der Waals surface area (Å²) in [6.07, 6.45) is 0.255. The molecule has 2 aromatic rings. The first-order valence-electron chi connectivity index (χ1n) is 9.70. The van der Waals surface area contributed by atoms with Crippen molar-refractivity contribution in [2.45, 2.75) is 39.7 Å². The highest BCUT2D eigenvalue weighted by Crippen LogP contribution is 2.29. The third kappa shape index (κ3) is 4.35. The number of nitrogens with zero attached hydrogens (tertiary/aromatic N) is 1. The number of hydrogen-bond donors (Lipinski definition) is 1. The largest absolute Gasteiger partial charge is 0.497 e. The number of hydrogen-bond acceptors (Lipinski definition) is 3. The third-order valence-electron chi connectivity index (χ3n) is 5.29. The Balaban J connectivity index is 1.67. The number of ether oxygens (including phenoxy) is 1. The van der Waals surface area contributed by atoms with Crippen LogP contribution in [0.15, 0.2) is 42.5 Å². The van der Waals surface area contributed by atoms with Crippen LogP contribution in [0.25, 0.3) is 0 Å². The number of anilines is 1. The van der Waals surface area contributed by atoms with Gasteiger partial charge in [0.05, 0.1) is 13.0 Å². The van der Waals surface area contributed by atoms with Crippen LogP contribution < -0.4 is 10.1 Å². The molecule has 28 heavy (non-hydrogen) atoms.